The zero-order valence-electron chi connectivity index (χ0n) is 16.5. The third-order valence-electron chi connectivity index (χ3n) is 3.41. The van der Waals surface area contributed by atoms with E-state index in [9.17, 15) is 4.21 Å². The normalized spacial score (nSPS) is 14.9. The van der Waals surface area contributed by atoms with Crippen molar-refractivity contribution >= 4 is 40.7 Å². The second kappa shape index (κ2) is 14.3. The fourth-order valence-corrected chi connectivity index (χ4v) is 2.94. The van der Waals surface area contributed by atoms with E-state index in [1.54, 1.807) is 0 Å². The molecule has 0 heterocycles. The topological polar surface area (TPSA) is 62.7 Å². The summed E-state index contributed by atoms with van der Waals surface area (Å²) in [6.07, 6.45) is 1.16. The van der Waals surface area contributed by atoms with Crippen LogP contribution in [0.2, 0.25) is 0 Å². The minimum Gasteiger partial charge on any atom is -0.378 e. The number of ether oxygens (including phenoxy) is 1. The molecule has 0 saturated heterocycles. The molecule has 0 radical (unpaired) electrons. The molecule has 5 nitrogen and oxygen atoms in total. The van der Waals surface area contributed by atoms with E-state index in [1.807, 2.05) is 34.6 Å². The molecule has 2 N–H and O–H groups in total. The highest BCUT2D eigenvalue weighted by molar-refractivity contribution is 14.0. The summed E-state index contributed by atoms with van der Waals surface area (Å²) in [7, 11) is -0.845. The summed E-state index contributed by atoms with van der Waals surface area (Å²) in [6.45, 7) is 17.4. The smallest absolute Gasteiger partial charge is 0.191 e. The van der Waals surface area contributed by atoms with Crippen molar-refractivity contribution in [2.75, 3.05) is 32.0 Å². The number of guanidine groups is 1. The van der Waals surface area contributed by atoms with Crippen molar-refractivity contribution in [1.29, 1.82) is 0 Å². The van der Waals surface area contributed by atoms with Crippen LogP contribution in [0.1, 0.15) is 54.9 Å². The van der Waals surface area contributed by atoms with Crippen LogP contribution in [0.3, 0.4) is 0 Å². The van der Waals surface area contributed by atoms with Crippen LogP contribution < -0.4 is 10.6 Å². The lowest BCUT2D eigenvalue weighted by atomic mass is 10.0. The third-order valence-corrected chi connectivity index (χ3v) is 5.36. The molecule has 0 amide bonds. The fourth-order valence-electron chi connectivity index (χ4n) is 2.04. The van der Waals surface area contributed by atoms with Crippen molar-refractivity contribution in [3.63, 3.8) is 0 Å². The number of hydrogen-bond donors (Lipinski definition) is 2. The average molecular weight is 475 g/mol. The van der Waals surface area contributed by atoms with Gasteiger partial charge in [0, 0.05) is 47.5 Å². The van der Waals surface area contributed by atoms with Crippen molar-refractivity contribution in [3.8, 4) is 0 Å². The van der Waals surface area contributed by atoms with Gasteiger partial charge in [-0.05, 0) is 47.0 Å². The number of nitrogens with one attached hydrogen (secondary N) is 2. The molecule has 0 aliphatic heterocycles. The molecular weight excluding hydrogens is 437 g/mol. The van der Waals surface area contributed by atoms with Crippen molar-refractivity contribution in [1.82, 2.24) is 10.6 Å². The summed E-state index contributed by atoms with van der Waals surface area (Å²) in [6, 6.07) is 0. The number of hydrogen-bond acceptors (Lipinski definition) is 3. The first kappa shape index (κ1) is 26.3. The number of rotatable bonds is 10. The van der Waals surface area contributed by atoms with Gasteiger partial charge in [-0.3, -0.25) is 9.20 Å². The minimum absolute atomic E-state index is 0. The summed E-state index contributed by atoms with van der Waals surface area (Å²) in [5.41, 5.74) is 0. The molecule has 2 atom stereocenters. The van der Waals surface area contributed by atoms with Crippen molar-refractivity contribution in [3.05, 3.63) is 0 Å². The standard InChI is InChI=1S/C17H37N3O2S.HI/c1-8-18-16(20-12-13-23(21)17(5,6)7)19-11-10-15(14(3)4)22-9-2;/h14-15H,8-13H2,1-7H3,(H2,18,19,20);1H. The Morgan fingerprint density at radius 1 is 1.21 bits per heavy atom. The highest BCUT2D eigenvalue weighted by atomic mass is 127. The average Bonchev–Trinajstić information content (AvgIpc) is 2.44. The molecule has 0 fully saturated rings. The molecule has 0 aromatic rings. The molecule has 0 aliphatic rings. The van der Waals surface area contributed by atoms with Gasteiger partial charge in [0.05, 0.1) is 6.10 Å². The summed E-state index contributed by atoms with van der Waals surface area (Å²) >= 11 is 0. The van der Waals surface area contributed by atoms with Crippen LogP contribution >= 0.6 is 24.0 Å². The van der Waals surface area contributed by atoms with Crippen LogP contribution in [-0.2, 0) is 15.5 Å². The van der Waals surface area contributed by atoms with E-state index < -0.39 is 10.8 Å². The Hall–Kier alpha value is 0.110. The Kier molecular flexibility index (Phi) is 15.7. The zero-order chi connectivity index (χ0) is 17.9. The Balaban J connectivity index is 0. The molecule has 0 spiro atoms. The molecule has 0 bridgehead atoms. The molecule has 0 saturated carbocycles. The first-order valence-electron chi connectivity index (χ1n) is 8.74. The van der Waals surface area contributed by atoms with E-state index in [2.05, 4.69) is 29.5 Å². The van der Waals surface area contributed by atoms with E-state index in [-0.39, 0.29) is 34.8 Å². The first-order valence-corrected chi connectivity index (χ1v) is 10.1. The van der Waals surface area contributed by atoms with Gasteiger partial charge in [0.15, 0.2) is 5.96 Å². The van der Waals surface area contributed by atoms with Crippen molar-refractivity contribution in [2.45, 2.75) is 65.7 Å². The van der Waals surface area contributed by atoms with Gasteiger partial charge in [0.1, 0.15) is 0 Å². The van der Waals surface area contributed by atoms with E-state index in [0.717, 1.165) is 32.1 Å². The van der Waals surface area contributed by atoms with Crippen LogP contribution in [0.25, 0.3) is 0 Å². The highest BCUT2D eigenvalue weighted by Crippen LogP contribution is 2.11. The molecule has 0 rings (SSSR count). The van der Waals surface area contributed by atoms with Crippen LogP contribution in [0.5, 0.6) is 0 Å². The Labute approximate surface area is 168 Å². The number of halogens is 1. The molecule has 24 heavy (non-hydrogen) atoms. The Morgan fingerprint density at radius 3 is 2.29 bits per heavy atom. The summed E-state index contributed by atoms with van der Waals surface area (Å²) in [5.74, 6) is 1.91. The van der Waals surface area contributed by atoms with Gasteiger partial charge in [-0.25, -0.2) is 0 Å². The van der Waals surface area contributed by atoms with Gasteiger partial charge >= 0.3 is 0 Å². The van der Waals surface area contributed by atoms with Crippen LogP contribution in [0.15, 0.2) is 4.99 Å². The summed E-state index contributed by atoms with van der Waals surface area (Å²) in [5, 5.41) is 6.49. The van der Waals surface area contributed by atoms with Gasteiger partial charge in [-0.15, -0.1) is 24.0 Å². The molecule has 2 unspecified atom stereocenters. The SMILES string of the molecule is CCNC(=NCCC(OCC)C(C)C)NCCS(=O)C(C)(C)C.I. The van der Waals surface area contributed by atoms with E-state index in [1.165, 1.54) is 0 Å². The number of aliphatic imine (C=N–C) groups is 1. The van der Waals surface area contributed by atoms with Gasteiger partial charge in [0.25, 0.3) is 0 Å². The zero-order valence-corrected chi connectivity index (χ0v) is 19.6. The number of nitrogens with zero attached hydrogens (tertiary/aromatic N) is 1. The molecule has 0 aromatic heterocycles. The Bertz CT molecular complexity index is 371. The van der Waals surface area contributed by atoms with Gasteiger partial charge < -0.3 is 15.4 Å². The molecule has 0 aliphatic carbocycles. The minimum atomic E-state index is -0.845. The van der Waals surface area contributed by atoms with Crippen LogP contribution in [-0.4, -0.2) is 53.0 Å². The fraction of sp³-hybridized carbons (Fsp3) is 0.941. The van der Waals surface area contributed by atoms with E-state index >= 15 is 0 Å². The Morgan fingerprint density at radius 2 is 1.83 bits per heavy atom. The van der Waals surface area contributed by atoms with Gasteiger partial charge in [-0.1, -0.05) is 13.8 Å². The second-order valence-electron chi connectivity index (χ2n) is 6.88. The second-order valence-corrected chi connectivity index (χ2v) is 9.20. The predicted molar refractivity (Wildman–Crippen MR) is 117 cm³/mol. The van der Waals surface area contributed by atoms with Gasteiger partial charge in [-0.2, -0.15) is 0 Å². The van der Waals surface area contributed by atoms with Gasteiger partial charge in [0.2, 0.25) is 0 Å². The summed E-state index contributed by atoms with van der Waals surface area (Å²) < 4.78 is 17.6. The highest BCUT2D eigenvalue weighted by Gasteiger charge is 2.18. The lowest BCUT2D eigenvalue weighted by Crippen LogP contribution is -2.40. The quantitative estimate of drug-likeness (QED) is 0.290. The first-order chi connectivity index (χ1) is 10.7. The largest absolute Gasteiger partial charge is 0.378 e. The maximum absolute atomic E-state index is 12.0. The third kappa shape index (κ3) is 12.5. The van der Waals surface area contributed by atoms with E-state index in [0.29, 0.717) is 18.2 Å². The summed E-state index contributed by atoms with van der Waals surface area (Å²) in [4.78, 5) is 4.59. The molecule has 7 heteroatoms. The lowest BCUT2D eigenvalue weighted by molar-refractivity contribution is 0.0266. The van der Waals surface area contributed by atoms with Crippen molar-refractivity contribution < 1.29 is 8.95 Å². The van der Waals surface area contributed by atoms with Crippen LogP contribution in [0.4, 0.5) is 0 Å². The lowest BCUT2D eigenvalue weighted by Gasteiger charge is -2.20. The maximum Gasteiger partial charge on any atom is 0.191 e. The monoisotopic (exact) mass is 475 g/mol. The van der Waals surface area contributed by atoms with Crippen molar-refractivity contribution in [2.24, 2.45) is 10.9 Å². The van der Waals surface area contributed by atoms with E-state index in [4.69, 9.17) is 4.74 Å². The predicted octanol–water partition coefficient (Wildman–Crippen LogP) is 3.16. The molecule has 146 valence electrons. The van der Waals surface area contributed by atoms with Crippen LogP contribution in [0, 0.1) is 5.92 Å². The molecular formula is C17H38IN3O2S. The maximum atomic E-state index is 12.0. The molecule has 0 aromatic carbocycles.